The topological polar surface area (TPSA) is 41.3 Å². The van der Waals surface area contributed by atoms with E-state index in [1.165, 1.54) is 5.56 Å². The molecule has 0 spiro atoms. The Morgan fingerprint density at radius 3 is 2.79 bits per heavy atom. The van der Waals surface area contributed by atoms with Crippen LogP contribution in [0.3, 0.4) is 0 Å². The lowest BCUT2D eigenvalue weighted by atomic mass is 10.0. The molecule has 0 saturated heterocycles. The van der Waals surface area contributed by atoms with Gasteiger partial charge in [-0.3, -0.25) is 0 Å². The normalized spacial score (nSPS) is 16.6. The quantitative estimate of drug-likeness (QED) is 0.879. The highest BCUT2D eigenvalue weighted by Gasteiger charge is 2.28. The van der Waals surface area contributed by atoms with E-state index < -0.39 is 18.8 Å². The number of alkyl halides is 3. The predicted octanol–water partition coefficient (Wildman–Crippen LogP) is 1.83. The molecule has 2 rings (SSSR count). The number of fused-ring (bicyclic) bond motifs is 1. The minimum absolute atomic E-state index is 0.144. The van der Waals surface area contributed by atoms with Crippen molar-refractivity contribution in [2.24, 2.45) is 5.73 Å². The minimum atomic E-state index is -4.22. The summed E-state index contributed by atoms with van der Waals surface area (Å²) in [5.41, 5.74) is 8.71. The van der Waals surface area contributed by atoms with Crippen LogP contribution >= 0.6 is 0 Å². The number of nitrogens with one attached hydrogen (secondary N) is 1. The van der Waals surface area contributed by atoms with Gasteiger partial charge >= 0.3 is 6.18 Å². The van der Waals surface area contributed by atoms with Gasteiger partial charge in [0.2, 0.25) is 0 Å². The first-order valence-electron chi connectivity index (χ1n) is 6.25. The van der Waals surface area contributed by atoms with E-state index in [-0.39, 0.29) is 6.54 Å². The highest BCUT2D eigenvalue weighted by molar-refractivity contribution is 5.58. The lowest BCUT2D eigenvalue weighted by Crippen LogP contribution is -2.35. The average Bonchev–Trinajstić information content (AvgIpc) is 2.70. The SMILES string of the molecule is CN1CCc2cc(C(CN)NCC(F)(F)F)ccc21. The average molecular weight is 273 g/mol. The first kappa shape index (κ1) is 14.1. The lowest BCUT2D eigenvalue weighted by molar-refractivity contribution is -0.126. The molecule has 6 heteroatoms. The van der Waals surface area contributed by atoms with Crippen molar-refractivity contribution in [1.29, 1.82) is 0 Å². The molecule has 1 heterocycles. The zero-order valence-electron chi connectivity index (χ0n) is 10.8. The second kappa shape index (κ2) is 5.38. The summed E-state index contributed by atoms with van der Waals surface area (Å²) in [5.74, 6) is 0. The molecule has 0 aromatic heterocycles. The van der Waals surface area contributed by atoms with Crippen molar-refractivity contribution in [2.45, 2.75) is 18.6 Å². The van der Waals surface area contributed by atoms with Crippen LogP contribution in [-0.2, 0) is 6.42 Å². The van der Waals surface area contributed by atoms with Crippen molar-refractivity contribution < 1.29 is 13.2 Å². The highest BCUT2D eigenvalue weighted by atomic mass is 19.4. The van der Waals surface area contributed by atoms with Crippen LogP contribution in [0.2, 0.25) is 0 Å². The van der Waals surface area contributed by atoms with E-state index in [9.17, 15) is 13.2 Å². The molecule has 0 aliphatic carbocycles. The van der Waals surface area contributed by atoms with E-state index in [1.807, 2.05) is 25.2 Å². The Hall–Kier alpha value is -1.27. The fourth-order valence-electron chi connectivity index (χ4n) is 2.38. The van der Waals surface area contributed by atoms with Crippen molar-refractivity contribution in [1.82, 2.24) is 5.32 Å². The van der Waals surface area contributed by atoms with Crippen molar-refractivity contribution in [3.8, 4) is 0 Å². The summed E-state index contributed by atoms with van der Waals surface area (Å²) in [4.78, 5) is 2.14. The number of hydrogen-bond donors (Lipinski definition) is 2. The van der Waals surface area contributed by atoms with Gasteiger partial charge in [0.1, 0.15) is 0 Å². The molecule has 106 valence electrons. The van der Waals surface area contributed by atoms with Gasteiger partial charge in [0, 0.05) is 31.9 Å². The summed E-state index contributed by atoms with van der Waals surface area (Å²) in [6.45, 7) is 0.0681. The maximum Gasteiger partial charge on any atom is 0.401 e. The molecule has 0 saturated carbocycles. The Morgan fingerprint density at radius 1 is 1.42 bits per heavy atom. The Morgan fingerprint density at radius 2 is 2.16 bits per heavy atom. The number of rotatable bonds is 4. The molecule has 0 fully saturated rings. The van der Waals surface area contributed by atoms with Crippen LogP contribution in [0.4, 0.5) is 18.9 Å². The monoisotopic (exact) mass is 273 g/mol. The molecule has 1 aliphatic heterocycles. The van der Waals surface area contributed by atoms with Crippen LogP contribution in [0, 0.1) is 0 Å². The predicted molar refractivity (Wildman–Crippen MR) is 69.3 cm³/mol. The maximum atomic E-state index is 12.2. The second-order valence-electron chi connectivity index (χ2n) is 4.84. The number of likely N-dealkylation sites (N-methyl/N-ethyl adjacent to an activating group) is 1. The van der Waals surface area contributed by atoms with Crippen molar-refractivity contribution in [3.05, 3.63) is 29.3 Å². The van der Waals surface area contributed by atoms with E-state index in [1.54, 1.807) is 0 Å². The lowest BCUT2D eigenvalue weighted by Gasteiger charge is -2.20. The zero-order valence-corrected chi connectivity index (χ0v) is 10.8. The van der Waals surface area contributed by atoms with E-state index in [0.29, 0.717) is 0 Å². The molecule has 1 aromatic carbocycles. The Labute approximate surface area is 110 Å². The number of nitrogens with two attached hydrogens (primary N) is 1. The first-order valence-corrected chi connectivity index (χ1v) is 6.25. The van der Waals surface area contributed by atoms with Gasteiger partial charge in [0.25, 0.3) is 0 Å². The van der Waals surface area contributed by atoms with E-state index in [2.05, 4.69) is 10.2 Å². The molecule has 1 atom stereocenters. The Bertz CT molecular complexity index is 445. The van der Waals surface area contributed by atoms with Gasteiger partial charge in [-0.15, -0.1) is 0 Å². The smallest absolute Gasteiger partial charge is 0.374 e. The molecule has 0 radical (unpaired) electrons. The number of anilines is 1. The van der Waals surface area contributed by atoms with Gasteiger partial charge in [-0.2, -0.15) is 13.2 Å². The van der Waals surface area contributed by atoms with Crippen LogP contribution in [0.5, 0.6) is 0 Å². The van der Waals surface area contributed by atoms with Crippen molar-refractivity contribution >= 4 is 5.69 Å². The van der Waals surface area contributed by atoms with E-state index in [0.717, 1.165) is 24.2 Å². The molecule has 1 aromatic rings. The summed E-state index contributed by atoms with van der Waals surface area (Å²) in [6, 6.07) is 5.30. The zero-order chi connectivity index (χ0) is 14.0. The van der Waals surface area contributed by atoms with Crippen LogP contribution in [0.25, 0.3) is 0 Å². The van der Waals surface area contributed by atoms with Crippen LogP contribution in [-0.4, -0.2) is 32.9 Å². The molecule has 0 amide bonds. The molecule has 3 nitrogen and oxygen atoms in total. The van der Waals surface area contributed by atoms with Gasteiger partial charge in [-0.25, -0.2) is 0 Å². The maximum absolute atomic E-state index is 12.2. The first-order chi connectivity index (χ1) is 8.90. The molecule has 3 N–H and O–H groups in total. The largest absolute Gasteiger partial charge is 0.401 e. The molecule has 19 heavy (non-hydrogen) atoms. The van der Waals surface area contributed by atoms with Crippen molar-refractivity contribution in [2.75, 3.05) is 31.6 Å². The third kappa shape index (κ3) is 3.39. The molecule has 0 bridgehead atoms. The highest BCUT2D eigenvalue weighted by Crippen LogP contribution is 2.29. The van der Waals surface area contributed by atoms with E-state index >= 15 is 0 Å². The van der Waals surface area contributed by atoms with Gasteiger partial charge in [0.05, 0.1) is 6.54 Å². The minimum Gasteiger partial charge on any atom is -0.374 e. The molecule has 1 aliphatic rings. The van der Waals surface area contributed by atoms with Crippen molar-refractivity contribution in [3.63, 3.8) is 0 Å². The second-order valence-corrected chi connectivity index (χ2v) is 4.84. The van der Waals surface area contributed by atoms with Crippen LogP contribution in [0.1, 0.15) is 17.2 Å². The van der Waals surface area contributed by atoms with Gasteiger partial charge in [-0.1, -0.05) is 12.1 Å². The third-order valence-corrected chi connectivity index (χ3v) is 3.42. The fourth-order valence-corrected chi connectivity index (χ4v) is 2.38. The summed E-state index contributed by atoms with van der Waals surface area (Å²) in [7, 11) is 2.01. The van der Waals surface area contributed by atoms with Crippen LogP contribution < -0.4 is 16.0 Å². The summed E-state index contributed by atoms with van der Waals surface area (Å²) >= 11 is 0. The van der Waals surface area contributed by atoms with Crippen LogP contribution in [0.15, 0.2) is 18.2 Å². The standard InChI is InChI=1S/C13H18F3N3/c1-19-5-4-10-6-9(2-3-12(10)19)11(7-17)18-8-13(14,15)16/h2-3,6,11,18H,4-5,7-8,17H2,1H3. The van der Waals surface area contributed by atoms with Gasteiger partial charge in [-0.05, 0) is 23.6 Å². The van der Waals surface area contributed by atoms with Gasteiger partial charge < -0.3 is 16.0 Å². The molecular weight excluding hydrogens is 255 g/mol. The fraction of sp³-hybridized carbons (Fsp3) is 0.538. The number of hydrogen-bond acceptors (Lipinski definition) is 3. The summed E-state index contributed by atoms with van der Waals surface area (Å²) in [5, 5.41) is 2.46. The molecular formula is C13H18F3N3. The molecule has 1 unspecified atom stereocenters. The summed E-state index contributed by atoms with van der Waals surface area (Å²) < 4.78 is 36.7. The Kier molecular flexibility index (Phi) is 4.01. The number of halogens is 3. The third-order valence-electron chi connectivity index (χ3n) is 3.42. The number of benzene rings is 1. The van der Waals surface area contributed by atoms with E-state index in [4.69, 9.17) is 5.73 Å². The summed E-state index contributed by atoms with van der Waals surface area (Å²) in [6.07, 6.45) is -3.29. The van der Waals surface area contributed by atoms with Gasteiger partial charge in [0.15, 0.2) is 0 Å². The number of nitrogens with zero attached hydrogens (tertiary/aromatic N) is 1. The Balaban J connectivity index is 2.11.